The van der Waals surface area contributed by atoms with E-state index < -0.39 is 17.9 Å². The molecule has 4 aromatic rings. The quantitative estimate of drug-likeness (QED) is 0.265. The first-order valence-electron chi connectivity index (χ1n) is 10.6. The van der Waals surface area contributed by atoms with Crippen LogP contribution in [0.5, 0.6) is 11.5 Å². The summed E-state index contributed by atoms with van der Waals surface area (Å²) in [6, 6.07) is 15.7. The zero-order chi connectivity index (χ0) is 24.3. The van der Waals surface area contributed by atoms with Gasteiger partial charge in [0.05, 0.1) is 18.5 Å². The number of hydrogen-bond acceptors (Lipinski definition) is 3. The lowest BCUT2D eigenvalue weighted by atomic mass is 9.98. The molecule has 4 rings (SSSR count). The number of nitrogens with zero attached hydrogens (tertiary/aromatic N) is 1. The molecule has 0 saturated carbocycles. The Morgan fingerprint density at radius 1 is 0.882 bits per heavy atom. The first-order valence-corrected chi connectivity index (χ1v) is 10.6. The Hall–Kier alpha value is -3.68. The zero-order valence-electron chi connectivity index (χ0n) is 18.1. The average molecular weight is 473 g/mol. The Morgan fingerprint density at radius 3 is 2.38 bits per heavy atom. The summed E-state index contributed by atoms with van der Waals surface area (Å²) in [4.78, 5) is 4.39. The van der Waals surface area contributed by atoms with Crippen molar-refractivity contribution in [2.75, 3.05) is 6.61 Å². The third-order valence-electron chi connectivity index (χ3n) is 5.28. The number of benzene rings is 3. The van der Waals surface area contributed by atoms with Crippen LogP contribution in [0.2, 0.25) is 0 Å². The molecule has 34 heavy (non-hydrogen) atoms. The SMILES string of the molecule is CCOc1ccc(-c2ccc3c(F)c(CCc4ccc(OC(F)(F)F)c(F)c4)ccc3c2)nc1. The molecule has 0 spiro atoms. The van der Waals surface area contributed by atoms with Crippen molar-refractivity contribution in [3.05, 3.63) is 89.6 Å². The van der Waals surface area contributed by atoms with E-state index in [1.54, 1.807) is 30.5 Å². The number of hydrogen-bond donors (Lipinski definition) is 0. The molecular formula is C26H20F5NO2. The molecule has 3 nitrogen and oxygen atoms in total. The van der Waals surface area contributed by atoms with E-state index in [1.165, 1.54) is 6.07 Å². The summed E-state index contributed by atoms with van der Waals surface area (Å²) in [5.41, 5.74) is 2.42. The summed E-state index contributed by atoms with van der Waals surface area (Å²) >= 11 is 0. The zero-order valence-corrected chi connectivity index (χ0v) is 18.1. The first-order chi connectivity index (χ1) is 16.2. The molecule has 0 atom stereocenters. The van der Waals surface area contributed by atoms with Gasteiger partial charge in [0.2, 0.25) is 0 Å². The van der Waals surface area contributed by atoms with Crippen molar-refractivity contribution in [2.45, 2.75) is 26.1 Å². The molecule has 1 aromatic heterocycles. The van der Waals surface area contributed by atoms with Crippen LogP contribution in [0.3, 0.4) is 0 Å². The maximum atomic E-state index is 15.1. The fourth-order valence-corrected chi connectivity index (χ4v) is 3.68. The van der Waals surface area contributed by atoms with Crippen molar-refractivity contribution in [3.8, 4) is 22.8 Å². The van der Waals surface area contributed by atoms with Gasteiger partial charge in [-0.05, 0) is 66.6 Å². The number of ether oxygens (including phenoxy) is 2. The van der Waals surface area contributed by atoms with Gasteiger partial charge in [0.1, 0.15) is 11.6 Å². The summed E-state index contributed by atoms with van der Waals surface area (Å²) in [5, 5.41) is 1.14. The Labute approximate surface area is 192 Å². The van der Waals surface area contributed by atoms with Crippen molar-refractivity contribution in [2.24, 2.45) is 0 Å². The molecule has 0 saturated heterocycles. The van der Waals surface area contributed by atoms with Crippen LogP contribution in [0.25, 0.3) is 22.0 Å². The van der Waals surface area contributed by atoms with E-state index in [9.17, 15) is 17.6 Å². The van der Waals surface area contributed by atoms with Gasteiger partial charge in [-0.15, -0.1) is 13.2 Å². The number of pyridine rings is 1. The van der Waals surface area contributed by atoms with Crippen molar-refractivity contribution >= 4 is 10.8 Å². The minimum Gasteiger partial charge on any atom is -0.492 e. The van der Waals surface area contributed by atoms with Crippen molar-refractivity contribution in [1.82, 2.24) is 4.98 Å². The standard InChI is InChI=1S/C26H20F5NO2/c1-2-33-20-9-11-23(32-15-20)19-8-10-21-18(14-19)7-6-17(25(21)28)5-3-16-4-12-24(22(27)13-16)34-26(29,30)31/h4,6-15H,2-3,5H2,1H3. The Kier molecular flexibility index (Phi) is 6.68. The normalized spacial score (nSPS) is 11.6. The molecule has 176 valence electrons. The number of rotatable bonds is 7. The van der Waals surface area contributed by atoms with Gasteiger partial charge in [-0.2, -0.15) is 0 Å². The van der Waals surface area contributed by atoms with E-state index in [0.717, 1.165) is 23.4 Å². The van der Waals surface area contributed by atoms with E-state index in [0.29, 0.717) is 34.3 Å². The number of aromatic nitrogens is 1. The fraction of sp³-hybridized carbons (Fsp3) is 0.192. The summed E-state index contributed by atoms with van der Waals surface area (Å²) in [7, 11) is 0. The lowest BCUT2D eigenvalue weighted by Gasteiger charge is -2.11. The van der Waals surface area contributed by atoms with E-state index >= 15 is 4.39 Å². The third-order valence-corrected chi connectivity index (χ3v) is 5.28. The highest BCUT2D eigenvalue weighted by Crippen LogP contribution is 2.29. The molecule has 0 radical (unpaired) electrons. The maximum Gasteiger partial charge on any atom is 0.573 e. The van der Waals surface area contributed by atoms with Gasteiger partial charge in [0.15, 0.2) is 11.6 Å². The number of halogens is 5. The summed E-state index contributed by atoms with van der Waals surface area (Å²) in [6.07, 6.45) is -2.83. The second-order valence-corrected chi connectivity index (χ2v) is 7.60. The Morgan fingerprint density at radius 2 is 1.71 bits per heavy atom. The second kappa shape index (κ2) is 9.67. The van der Waals surface area contributed by atoms with Crippen LogP contribution >= 0.6 is 0 Å². The van der Waals surface area contributed by atoms with Crippen LogP contribution in [0.4, 0.5) is 22.0 Å². The number of fused-ring (bicyclic) bond motifs is 1. The molecule has 8 heteroatoms. The molecule has 0 bridgehead atoms. The smallest absolute Gasteiger partial charge is 0.492 e. The van der Waals surface area contributed by atoms with Gasteiger partial charge in [-0.1, -0.05) is 30.3 Å². The topological polar surface area (TPSA) is 31.4 Å². The average Bonchev–Trinajstić information content (AvgIpc) is 2.80. The Bertz CT molecular complexity index is 1300. The highest BCUT2D eigenvalue weighted by molar-refractivity contribution is 5.88. The van der Waals surface area contributed by atoms with Crippen LogP contribution < -0.4 is 9.47 Å². The highest BCUT2D eigenvalue weighted by Gasteiger charge is 2.32. The molecule has 0 aliphatic rings. The molecule has 0 aliphatic heterocycles. The van der Waals surface area contributed by atoms with Crippen LogP contribution in [0.15, 0.2) is 66.9 Å². The van der Waals surface area contributed by atoms with Gasteiger partial charge in [0.25, 0.3) is 0 Å². The third kappa shape index (κ3) is 5.44. The molecule has 0 N–H and O–H groups in total. The summed E-state index contributed by atoms with van der Waals surface area (Å²) in [5.74, 6) is -1.73. The molecular weight excluding hydrogens is 453 g/mol. The van der Waals surface area contributed by atoms with Gasteiger partial charge in [-0.25, -0.2) is 8.78 Å². The lowest BCUT2D eigenvalue weighted by Crippen LogP contribution is -2.18. The molecule has 0 unspecified atom stereocenters. The van der Waals surface area contributed by atoms with Crippen LogP contribution in [0, 0.1) is 11.6 Å². The molecule has 1 heterocycles. The van der Waals surface area contributed by atoms with Crippen LogP contribution in [-0.4, -0.2) is 18.0 Å². The van der Waals surface area contributed by atoms with Crippen LogP contribution in [-0.2, 0) is 12.8 Å². The van der Waals surface area contributed by atoms with Gasteiger partial charge < -0.3 is 9.47 Å². The largest absolute Gasteiger partial charge is 0.573 e. The van der Waals surface area contributed by atoms with E-state index in [4.69, 9.17) is 4.74 Å². The predicted molar refractivity (Wildman–Crippen MR) is 119 cm³/mol. The fourth-order valence-electron chi connectivity index (χ4n) is 3.68. The van der Waals surface area contributed by atoms with Crippen molar-refractivity contribution in [1.29, 1.82) is 0 Å². The minimum atomic E-state index is -4.97. The van der Waals surface area contributed by atoms with Crippen molar-refractivity contribution < 1.29 is 31.4 Å². The first kappa shape index (κ1) is 23.5. The highest BCUT2D eigenvalue weighted by atomic mass is 19.4. The van der Waals surface area contributed by atoms with Crippen molar-refractivity contribution in [3.63, 3.8) is 0 Å². The predicted octanol–water partition coefficient (Wildman–Crippen LogP) is 7.26. The van der Waals surface area contributed by atoms with E-state index in [1.807, 2.05) is 25.1 Å². The minimum absolute atomic E-state index is 0.250. The molecule has 0 fully saturated rings. The Balaban J connectivity index is 1.50. The molecule has 0 amide bonds. The molecule has 3 aromatic carbocycles. The number of aryl methyl sites for hydroxylation is 2. The second-order valence-electron chi connectivity index (χ2n) is 7.60. The lowest BCUT2D eigenvalue weighted by molar-refractivity contribution is -0.275. The summed E-state index contributed by atoms with van der Waals surface area (Å²) in [6.45, 7) is 2.44. The monoisotopic (exact) mass is 473 g/mol. The van der Waals surface area contributed by atoms with Gasteiger partial charge in [0, 0.05) is 10.9 Å². The van der Waals surface area contributed by atoms with E-state index in [-0.39, 0.29) is 18.7 Å². The maximum absolute atomic E-state index is 15.1. The van der Waals surface area contributed by atoms with E-state index in [2.05, 4.69) is 9.72 Å². The number of alkyl halides is 3. The summed E-state index contributed by atoms with van der Waals surface area (Å²) < 4.78 is 74.9. The van der Waals surface area contributed by atoms with Gasteiger partial charge in [-0.3, -0.25) is 4.98 Å². The molecule has 0 aliphatic carbocycles. The van der Waals surface area contributed by atoms with Gasteiger partial charge >= 0.3 is 6.36 Å². The van der Waals surface area contributed by atoms with Crippen LogP contribution in [0.1, 0.15) is 18.1 Å².